The number of piperidine rings is 1. The van der Waals surface area contributed by atoms with Gasteiger partial charge in [-0.05, 0) is 37.5 Å². The molecule has 170 valence electrons. The highest BCUT2D eigenvalue weighted by molar-refractivity contribution is 6.29. The quantitative estimate of drug-likeness (QED) is 0.563. The fourth-order valence-electron chi connectivity index (χ4n) is 5.23. The zero-order valence-corrected chi connectivity index (χ0v) is 18.8. The number of carbonyl (C=O) groups is 1. The van der Waals surface area contributed by atoms with Crippen LogP contribution in [0.3, 0.4) is 0 Å². The number of Topliss-reactive ketones (excluding diaryl/α,β-unsaturated/α-hetero) is 1. The lowest BCUT2D eigenvalue weighted by Crippen LogP contribution is -2.48. The van der Waals surface area contributed by atoms with Gasteiger partial charge in [-0.3, -0.25) is 24.0 Å². The Labute approximate surface area is 191 Å². The second kappa shape index (κ2) is 8.44. The van der Waals surface area contributed by atoms with E-state index in [1.807, 2.05) is 54.0 Å². The third-order valence-corrected chi connectivity index (χ3v) is 6.80. The van der Waals surface area contributed by atoms with Crippen molar-refractivity contribution >= 4 is 17.7 Å². The summed E-state index contributed by atoms with van der Waals surface area (Å²) in [5.41, 5.74) is 2.59. The van der Waals surface area contributed by atoms with Gasteiger partial charge in [-0.15, -0.1) is 0 Å². The summed E-state index contributed by atoms with van der Waals surface area (Å²) in [6.45, 7) is 4.30. The van der Waals surface area contributed by atoms with Crippen LogP contribution in [0.5, 0.6) is 0 Å². The number of carbonyl (C=O) groups excluding carboxylic acids is 1. The van der Waals surface area contributed by atoms with Gasteiger partial charge in [0.1, 0.15) is 0 Å². The van der Waals surface area contributed by atoms with Crippen LogP contribution in [-0.4, -0.2) is 50.5 Å². The Kier molecular flexibility index (Phi) is 5.46. The number of aromatic nitrogens is 3. The largest absolute Gasteiger partial charge is 0.312 e. The summed E-state index contributed by atoms with van der Waals surface area (Å²) in [6, 6.07) is 14.8. The van der Waals surface area contributed by atoms with E-state index in [2.05, 4.69) is 9.89 Å². The second-order valence-corrected chi connectivity index (χ2v) is 9.03. The smallest absolute Gasteiger partial charge is 0.297 e. The lowest BCUT2D eigenvalue weighted by molar-refractivity contribution is -0.114. The van der Waals surface area contributed by atoms with Gasteiger partial charge in [0, 0.05) is 44.4 Å². The van der Waals surface area contributed by atoms with Crippen molar-refractivity contribution in [3.05, 3.63) is 80.6 Å². The van der Waals surface area contributed by atoms with Gasteiger partial charge in [-0.1, -0.05) is 24.3 Å². The van der Waals surface area contributed by atoms with E-state index in [1.165, 1.54) is 6.21 Å². The molecule has 2 atom stereocenters. The Balaban J connectivity index is 1.31. The molecule has 5 rings (SSSR count). The normalized spacial score (nSPS) is 20.2. The third-order valence-electron chi connectivity index (χ3n) is 6.80. The van der Waals surface area contributed by atoms with E-state index in [-0.39, 0.29) is 35.1 Å². The number of rotatable bonds is 5. The monoisotopic (exact) mass is 445 g/mol. The molecule has 2 aliphatic heterocycles. The van der Waals surface area contributed by atoms with Crippen LogP contribution in [0, 0.1) is 12.8 Å². The van der Waals surface area contributed by atoms with E-state index in [9.17, 15) is 14.4 Å². The average Bonchev–Trinajstić information content (AvgIpc) is 3.01. The van der Waals surface area contributed by atoms with Crippen LogP contribution in [0.25, 0.3) is 5.69 Å². The SMILES string of the molecule is Cc1c(N=CC(=O)CN2CC3CC(C2)c2cccc(=O)n2C3)c(=O)n(-c2ccccc2)n1C. The van der Waals surface area contributed by atoms with Crippen LogP contribution in [0.4, 0.5) is 5.69 Å². The van der Waals surface area contributed by atoms with Gasteiger partial charge in [0.05, 0.1) is 24.1 Å². The maximum absolute atomic E-state index is 13.0. The summed E-state index contributed by atoms with van der Waals surface area (Å²) in [6.07, 6.45) is 2.33. The average molecular weight is 446 g/mol. The molecular formula is C25H27N5O3. The number of hydrogen-bond acceptors (Lipinski definition) is 5. The highest BCUT2D eigenvalue weighted by Crippen LogP contribution is 2.34. The third kappa shape index (κ3) is 3.91. The number of hydrogen-bond donors (Lipinski definition) is 0. The van der Waals surface area contributed by atoms with Crippen LogP contribution in [-0.2, 0) is 18.4 Å². The summed E-state index contributed by atoms with van der Waals surface area (Å²) in [7, 11) is 1.81. The Morgan fingerprint density at radius 1 is 1.06 bits per heavy atom. The van der Waals surface area contributed by atoms with E-state index in [1.54, 1.807) is 22.5 Å². The zero-order chi connectivity index (χ0) is 23.1. The lowest BCUT2D eigenvalue weighted by atomic mass is 9.83. The van der Waals surface area contributed by atoms with E-state index in [4.69, 9.17) is 0 Å². The first-order valence-corrected chi connectivity index (χ1v) is 11.3. The summed E-state index contributed by atoms with van der Waals surface area (Å²) in [5, 5.41) is 0. The molecule has 2 aliphatic rings. The van der Waals surface area contributed by atoms with Gasteiger partial charge in [0.2, 0.25) is 0 Å². The molecule has 8 nitrogen and oxygen atoms in total. The van der Waals surface area contributed by atoms with E-state index < -0.39 is 0 Å². The predicted octanol–water partition coefficient (Wildman–Crippen LogP) is 2.04. The Morgan fingerprint density at radius 3 is 2.64 bits per heavy atom. The number of likely N-dealkylation sites (tertiary alicyclic amines) is 1. The number of nitrogens with zero attached hydrogens (tertiary/aromatic N) is 5. The Hall–Kier alpha value is -3.52. The number of aliphatic imine (C=N–C) groups is 1. The standard InChI is InChI=1S/C25H27N5O3/c1-17-24(25(33)30(27(17)2)20-7-4-3-5-8-20)26-12-21(31)16-28-13-18-11-19(15-28)22-9-6-10-23(32)29(22)14-18/h3-10,12,18-19H,11,13-16H2,1-2H3. The number of pyridine rings is 1. The fraction of sp³-hybridized carbons (Fsp3) is 0.360. The molecule has 0 radical (unpaired) electrons. The maximum atomic E-state index is 13.0. The highest BCUT2D eigenvalue weighted by Gasteiger charge is 2.34. The summed E-state index contributed by atoms with van der Waals surface area (Å²) in [5.74, 6) is 0.482. The van der Waals surface area contributed by atoms with E-state index in [0.29, 0.717) is 18.2 Å². The Morgan fingerprint density at radius 2 is 1.85 bits per heavy atom. The minimum atomic E-state index is -0.250. The summed E-state index contributed by atoms with van der Waals surface area (Å²) < 4.78 is 5.19. The number of benzene rings is 1. The van der Waals surface area contributed by atoms with Gasteiger partial charge in [0.25, 0.3) is 11.1 Å². The molecular weight excluding hydrogens is 418 g/mol. The molecule has 33 heavy (non-hydrogen) atoms. The highest BCUT2D eigenvalue weighted by atomic mass is 16.1. The van der Waals surface area contributed by atoms with Gasteiger partial charge in [0.15, 0.2) is 11.5 Å². The molecule has 2 bridgehead atoms. The molecule has 1 saturated heterocycles. The lowest BCUT2D eigenvalue weighted by Gasteiger charge is -2.42. The minimum Gasteiger partial charge on any atom is -0.312 e. The van der Waals surface area contributed by atoms with E-state index >= 15 is 0 Å². The fourth-order valence-corrected chi connectivity index (χ4v) is 5.23. The molecule has 0 amide bonds. The topological polar surface area (TPSA) is 81.6 Å². The van der Waals surface area contributed by atoms with Crippen LogP contribution >= 0.6 is 0 Å². The molecule has 0 saturated carbocycles. The first kappa shape index (κ1) is 21.3. The first-order valence-electron chi connectivity index (χ1n) is 11.3. The molecule has 8 heteroatoms. The molecule has 2 unspecified atom stereocenters. The second-order valence-electron chi connectivity index (χ2n) is 9.03. The van der Waals surface area contributed by atoms with Gasteiger partial charge in [-0.25, -0.2) is 9.67 Å². The van der Waals surface area contributed by atoms with Crippen molar-refractivity contribution in [2.45, 2.75) is 25.8 Å². The molecule has 1 fully saturated rings. The molecule has 1 aromatic carbocycles. The van der Waals surface area contributed by atoms with Gasteiger partial charge < -0.3 is 4.57 Å². The summed E-state index contributed by atoms with van der Waals surface area (Å²) >= 11 is 0. The van der Waals surface area contributed by atoms with Crippen molar-refractivity contribution in [1.82, 2.24) is 18.8 Å². The zero-order valence-electron chi connectivity index (χ0n) is 18.8. The first-order chi connectivity index (χ1) is 15.9. The molecule has 0 spiro atoms. The van der Waals surface area contributed by atoms with Crippen LogP contribution in [0.1, 0.15) is 23.7 Å². The van der Waals surface area contributed by atoms with Crippen LogP contribution < -0.4 is 11.1 Å². The molecule has 0 aliphatic carbocycles. The van der Waals surface area contributed by atoms with Crippen molar-refractivity contribution in [1.29, 1.82) is 0 Å². The molecule has 2 aromatic heterocycles. The van der Waals surface area contributed by atoms with Crippen molar-refractivity contribution in [3.8, 4) is 5.69 Å². The van der Waals surface area contributed by atoms with Crippen molar-refractivity contribution < 1.29 is 4.79 Å². The van der Waals surface area contributed by atoms with Crippen LogP contribution in [0.15, 0.2) is 63.1 Å². The van der Waals surface area contributed by atoms with Crippen molar-refractivity contribution in [2.24, 2.45) is 18.0 Å². The Bertz CT molecular complexity index is 1350. The molecule has 4 heterocycles. The van der Waals surface area contributed by atoms with Crippen molar-refractivity contribution in [2.75, 3.05) is 19.6 Å². The predicted molar refractivity (Wildman–Crippen MR) is 127 cm³/mol. The van der Waals surface area contributed by atoms with Gasteiger partial charge >= 0.3 is 0 Å². The summed E-state index contributed by atoms with van der Waals surface area (Å²) in [4.78, 5) is 44.3. The maximum Gasteiger partial charge on any atom is 0.297 e. The number of ketones is 1. The van der Waals surface area contributed by atoms with E-state index in [0.717, 1.165) is 30.9 Å². The number of fused-ring (bicyclic) bond motifs is 4. The van der Waals surface area contributed by atoms with Crippen molar-refractivity contribution in [3.63, 3.8) is 0 Å². The number of para-hydroxylation sites is 1. The molecule has 3 aromatic rings. The molecule has 0 N–H and O–H groups in total. The van der Waals surface area contributed by atoms with Crippen LogP contribution in [0.2, 0.25) is 0 Å². The van der Waals surface area contributed by atoms with Gasteiger partial charge in [-0.2, -0.15) is 0 Å². The minimum absolute atomic E-state index is 0.0539.